The number of aromatic nitrogens is 3. The Morgan fingerprint density at radius 3 is 2.39 bits per heavy atom. The molecule has 0 fully saturated rings. The predicted octanol–water partition coefficient (Wildman–Crippen LogP) is 7.35. The Bertz CT molecular complexity index is 1970. The van der Waals surface area contributed by atoms with E-state index >= 15 is 0 Å². The fourth-order valence-electron chi connectivity index (χ4n) is 7.02. The minimum absolute atomic E-state index is 0.00754. The first-order valence-electron chi connectivity index (χ1n) is 14.3. The third-order valence-corrected chi connectivity index (χ3v) is 8.87. The maximum absolute atomic E-state index is 6.57. The Balaban J connectivity index is 1.42. The summed E-state index contributed by atoms with van der Waals surface area (Å²) in [6.07, 6.45) is 3.14. The molecule has 0 N–H and O–H groups in total. The van der Waals surface area contributed by atoms with Crippen molar-refractivity contribution >= 4 is 16.7 Å². The zero-order valence-corrected chi connectivity index (χ0v) is 23.1. The fourth-order valence-corrected chi connectivity index (χ4v) is 7.02. The average molecular weight is 534 g/mol. The summed E-state index contributed by atoms with van der Waals surface area (Å²) in [5, 5.41) is 0. The fraction of sp³-hybridized carbons (Fsp3) is 0.135. The lowest BCUT2D eigenvalue weighted by Gasteiger charge is -2.31. The molecule has 41 heavy (non-hydrogen) atoms. The number of benzene rings is 4. The van der Waals surface area contributed by atoms with Crippen LogP contribution in [0, 0.1) is 0 Å². The predicted molar refractivity (Wildman–Crippen MR) is 163 cm³/mol. The summed E-state index contributed by atoms with van der Waals surface area (Å²) in [6, 6.07) is 41.1. The van der Waals surface area contributed by atoms with Gasteiger partial charge in [-0.3, -0.25) is 0 Å². The number of hydrogen-bond acceptors (Lipinski definition) is 1. The molecule has 2 aliphatic rings. The number of hydrogen-bond donors (Lipinski definition) is 0. The van der Waals surface area contributed by atoms with Crippen LogP contribution in [0.5, 0.6) is 5.75 Å². The number of fused-ring (bicyclic) bond motifs is 11. The minimum atomic E-state index is 0.00754. The molecule has 2 aromatic heterocycles. The van der Waals surface area contributed by atoms with Crippen molar-refractivity contribution < 1.29 is 13.9 Å². The highest BCUT2D eigenvalue weighted by Gasteiger charge is 2.46. The zero-order valence-electron chi connectivity index (χ0n) is 23.1. The van der Waals surface area contributed by atoms with E-state index in [-0.39, 0.29) is 12.0 Å². The van der Waals surface area contributed by atoms with E-state index < -0.39 is 0 Å². The van der Waals surface area contributed by atoms with Crippen LogP contribution in [0.3, 0.4) is 0 Å². The highest BCUT2D eigenvalue weighted by atomic mass is 16.5. The second-order valence-electron chi connectivity index (χ2n) is 11.0. The van der Waals surface area contributed by atoms with Crippen LogP contribution in [0.25, 0.3) is 50.5 Å². The first-order chi connectivity index (χ1) is 20.2. The number of aryl methyl sites for hydroxylation is 1. The number of allylic oxidation sites excluding steroid dienone is 1. The first kappa shape index (κ1) is 23.9. The molecule has 2 unspecified atom stereocenters. The molecule has 0 aliphatic carbocycles. The summed E-state index contributed by atoms with van der Waals surface area (Å²) in [6.45, 7) is 5.52. The van der Waals surface area contributed by atoms with Crippen molar-refractivity contribution in [2.75, 3.05) is 6.61 Å². The Morgan fingerprint density at radius 1 is 0.780 bits per heavy atom. The molecule has 0 radical (unpaired) electrons. The number of pyridine rings is 1. The summed E-state index contributed by atoms with van der Waals surface area (Å²) in [5.74, 6) is 2.18. The van der Waals surface area contributed by atoms with Gasteiger partial charge in [-0.05, 0) is 60.0 Å². The smallest absolute Gasteiger partial charge is 0.298 e. The molecule has 0 spiro atoms. The van der Waals surface area contributed by atoms with Crippen LogP contribution in [0.2, 0.25) is 0 Å². The van der Waals surface area contributed by atoms with Gasteiger partial charge >= 0.3 is 0 Å². The second-order valence-corrected chi connectivity index (χ2v) is 11.0. The lowest BCUT2D eigenvalue weighted by atomic mass is 9.79. The summed E-state index contributed by atoms with van der Waals surface area (Å²) >= 11 is 0. The lowest BCUT2D eigenvalue weighted by molar-refractivity contribution is -0.704. The molecular weight excluding hydrogens is 502 g/mol. The van der Waals surface area contributed by atoms with Crippen molar-refractivity contribution in [1.29, 1.82) is 0 Å². The van der Waals surface area contributed by atoms with Gasteiger partial charge in [-0.15, -0.1) is 0 Å². The second kappa shape index (κ2) is 9.31. The van der Waals surface area contributed by atoms with Crippen LogP contribution in [-0.4, -0.2) is 11.2 Å². The van der Waals surface area contributed by atoms with E-state index in [4.69, 9.17) is 11.3 Å². The van der Waals surface area contributed by atoms with E-state index in [1.54, 1.807) is 0 Å². The quantitative estimate of drug-likeness (QED) is 0.203. The molecule has 0 saturated heterocycles. The third kappa shape index (κ3) is 3.60. The molecule has 2 aliphatic heterocycles. The topological polar surface area (TPSA) is 21.9 Å². The molecule has 8 rings (SSSR count). The van der Waals surface area contributed by atoms with E-state index in [0.29, 0.717) is 6.61 Å². The van der Waals surface area contributed by atoms with Gasteiger partial charge in [0.15, 0.2) is 22.9 Å². The average Bonchev–Trinajstić information content (AvgIpc) is 3.33. The maximum Gasteiger partial charge on any atom is 0.298 e. The van der Waals surface area contributed by atoms with Crippen LogP contribution < -0.4 is 13.9 Å². The molecule has 2 atom stereocenters. The van der Waals surface area contributed by atoms with Gasteiger partial charge in [0.05, 0.1) is 19.6 Å². The molecule has 0 bridgehead atoms. The Morgan fingerprint density at radius 2 is 1.51 bits per heavy atom. The van der Waals surface area contributed by atoms with Gasteiger partial charge in [-0.25, -0.2) is 4.57 Å². The molecule has 4 heteroatoms. The van der Waals surface area contributed by atoms with Crippen LogP contribution in [0.1, 0.15) is 23.9 Å². The molecule has 4 aromatic carbocycles. The standard InChI is InChI=1S/C37H31N3O/c1-25-36-30(28-14-6-7-15-29(28)34-24-27(20-22-39(34)36)26-12-4-3-5-13-26)21-23-41-35-19-11-8-16-31(35)37-38(2)32-17-9-10-18-33(32)40(25)37/h3-20,22,24,30,36H,1,21,23H2,2H3/q+2. The number of rotatable bonds is 1. The van der Waals surface area contributed by atoms with Gasteiger partial charge in [0.1, 0.15) is 11.3 Å². The monoisotopic (exact) mass is 533 g/mol. The van der Waals surface area contributed by atoms with Crippen molar-refractivity contribution in [2.45, 2.75) is 18.4 Å². The van der Waals surface area contributed by atoms with Crippen molar-refractivity contribution in [1.82, 2.24) is 4.57 Å². The molecular formula is C37H31N3O+2. The highest BCUT2D eigenvalue weighted by Crippen LogP contribution is 2.46. The number of ether oxygens (including phenoxy) is 1. The van der Waals surface area contributed by atoms with Crippen LogP contribution in [0.15, 0.2) is 128 Å². The largest absolute Gasteiger partial charge is 0.493 e. The minimum Gasteiger partial charge on any atom is -0.493 e. The number of para-hydroxylation sites is 3. The molecule has 0 amide bonds. The number of nitrogens with zero attached hydrogens (tertiary/aromatic N) is 3. The van der Waals surface area contributed by atoms with E-state index in [0.717, 1.165) is 40.3 Å². The van der Waals surface area contributed by atoms with Crippen molar-refractivity contribution in [3.05, 3.63) is 134 Å². The zero-order chi connectivity index (χ0) is 27.5. The van der Waals surface area contributed by atoms with Crippen molar-refractivity contribution in [3.8, 4) is 39.5 Å². The van der Waals surface area contributed by atoms with E-state index in [1.165, 1.54) is 27.9 Å². The van der Waals surface area contributed by atoms with Crippen LogP contribution in [-0.2, 0) is 7.05 Å². The normalized spacial score (nSPS) is 17.4. The molecule has 198 valence electrons. The van der Waals surface area contributed by atoms with E-state index in [9.17, 15) is 0 Å². The van der Waals surface area contributed by atoms with E-state index in [1.807, 2.05) is 0 Å². The lowest BCUT2D eigenvalue weighted by Crippen LogP contribution is -2.49. The summed E-state index contributed by atoms with van der Waals surface area (Å²) in [5.41, 5.74) is 10.7. The maximum atomic E-state index is 6.57. The number of imidazole rings is 1. The molecule has 4 heterocycles. The third-order valence-electron chi connectivity index (χ3n) is 8.87. The summed E-state index contributed by atoms with van der Waals surface area (Å²) < 4.78 is 13.7. The van der Waals surface area contributed by atoms with Gasteiger partial charge in [-0.2, -0.15) is 9.13 Å². The van der Waals surface area contributed by atoms with Crippen molar-refractivity contribution in [2.24, 2.45) is 7.05 Å². The van der Waals surface area contributed by atoms with E-state index in [2.05, 4.69) is 142 Å². The SMILES string of the molecule is C=C1C2C(CCOc3ccccc3-c3n1c1ccccc1[n+]3C)c1ccccc1-c1cc(-c3ccccc3)cc[n+]12. The summed E-state index contributed by atoms with van der Waals surface area (Å²) in [4.78, 5) is 0. The van der Waals surface area contributed by atoms with Gasteiger partial charge < -0.3 is 4.74 Å². The highest BCUT2D eigenvalue weighted by molar-refractivity contribution is 5.83. The Hall–Kier alpha value is -4.96. The van der Waals surface area contributed by atoms with Crippen molar-refractivity contribution in [3.63, 3.8) is 0 Å². The Kier molecular flexibility index (Phi) is 5.42. The van der Waals surface area contributed by atoms with Gasteiger partial charge in [0, 0.05) is 17.7 Å². The van der Waals surface area contributed by atoms with Gasteiger partial charge in [0.25, 0.3) is 5.82 Å². The Labute approximate surface area is 240 Å². The van der Waals surface area contributed by atoms with Gasteiger partial charge in [-0.1, -0.05) is 72.8 Å². The molecule has 6 aromatic rings. The van der Waals surface area contributed by atoms with Gasteiger partial charge in [0.2, 0.25) is 11.7 Å². The molecule has 0 saturated carbocycles. The summed E-state index contributed by atoms with van der Waals surface area (Å²) in [7, 11) is 2.14. The first-order valence-corrected chi connectivity index (χ1v) is 14.3. The van der Waals surface area contributed by atoms with Crippen LogP contribution >= 0.6 is 0 Å². The molecule has 4 nitrogen and oxygen atoms in total. The van der Waals surface area contributed by atoms with Crippen LogP contribution in [0.4, 0.5) is 0 Å².